The Kier molecular flexibility index (Phi) is 4.33. The highest BCUT2D eigenvalue weighted by Crippen LogP contribution is 2.40. The number of para-hydroxylation sites is 3. The second kappa shape index (κ2) is 6.94. The predicted octanol–water partition coefficient (Wildman–Crippen LogP) is 4.42. The van der Waals surface area contributed by atoms with Crippen molar-refractivity contribution in [2.24, 2.45) is 0 Å². The fraction of sp³-hybridized carbons (Fsp3) is 0.0909. The molecule has 4 heteroatoms. The van der Waals surface area contributed by atoms with Gasteiger partial charge in [0.2, 0.25) is 0 Å². The first-order chi connectivity index (χ1) is 12.8. The fourth-order valence-electron chi connectivity index (χ4n) is 3.26. The van der Waals surface area contributed by atoms with Gasteiger partial charge in [0, 0.05) is 16.8 Å². The zero-order chi connectivity index (χ0) is 17.9. The number of fused-ring (bicyclic) bond motifs is 1. The lowest BCUT2D eigenvalue weighted by atomic mass is 9.99. The van der Waals surface area contributed by atoms with Crippen molar-refractivity contribution in [3.05, 3.63) is 90.0 Å². The van der Waals surface area contributed by atoms with E-state index < -0.39 is 6.23 Å². The van der Waals surface area contributed by atoms with E-state index in [1.807, 2.05) is 78.9 Å². The molecule has 1 unspecified atom stereocenters. The smallest absolute Gasteiger partial charge is 0.153 e. The van der Waals surface area contributed by atoms with Crippen molar-refractivity contribution in [2.75, 3.05) is 17.7 Å². The van der Waals surface area contributed by atoms with Crippen molar-refractivity contribution in [2.45, 2.75) is 6.23 Å². The summed E-state index contributed by atoms with van der Waals surface area (Å²) in [7, 11) is 1.65. The molecule has 1 atom stereocenters. The number of hydrogen-bond acceptors (Lipinski definition) is 4. The molecule has 3 aromatic carbocycles. The molecule has 0 aromatic heterocycles. The monoisotopic (exact) mass is 344 g/mol. The van der Waals surface area contributed by atoms with Crippen molar-refractivity contribution in [1.29, 1.82) is 0 Å². The van der Waals surface area contributed by atoms with Gasteiger partial charge in [0.1, 0.15) is 5.75 Å². The SMILES string of the molecule is COc1ccccc1N/C(=C1/c2ccccc2NC1O)c1ccccc1. The molecule has 0 saturated heterocycles. The summed E-state index contributed by atoms with van der Waals surface area (Å²) in [5, 5.41) is 17.3. The van der Waals surface area contributed by atoms with E-state index in [1.165, 1.54) is 0 Å². The lowest BCUT2D eigenvalue weighted by Crippen LogP contribution is -2.16. The van der Waals surface area contributed by atoms with Crippen LogP contribution in [0.2, 0.25) is 0 Å². The van der Waals surface area contributed by atoms with Gasteiger partial charge >= 0.3 is 0 Å². The Morgan fingerprint density at radius 1 is 0.923 bits per heavy atom. The van der Waals surface area contributed by atoms with E-state index in [0.29, 0.717) is 0 Å². The first-order valence-electron chi connectivity index (χ1n) is 8.51. The van der Waals surface area contributed by atoms with Gasteiger partial charge in [0.05, 0.1) is 18.5 Å². The molecule has 0 aliphatic carbocycles. The van der Waals surface area contributed by atoms with Gasteiger partial charge in [0.15, 0.2) is 6.23 Å². The Hall–Kier alpha value is -3.24. The molecule has 0 radical (unpaired) electrons. The molecule has 26 heavy (non-hydrogen) atoms. The predicted molar refractivity (Wildman–Crippen MR) is 106 cm³/mol. The summed E-state index contributed by atoms with van der Waals surface area (Å²) in [6.45, 7) is 0. The van der Waals surface area contributed by atoms with Crippen LogP contribution in [0.1, 0.15) is 11.1 Å². The second-order valence-electron chi connectivity index (χ2n) is 6.07. The van der Waals surface area contributed by atoms with Crippen molar-refractivity contribution >= 4 is 22.6 Å². The summed E-state index contributed by atoms with van der Waals surface area (Å²) in [4.78, 5) is 0. The summed E-state index contributed by atoms with van der Waals surface area (Å²) < 4.78 is 5.48. The van der Waals surface area contributed by atoms with E-state index in [2.05, 4.69) is 10.6 Å². The van der Waals surface area contributed by atoms with Gasteiger partial charge in [-0.3, -0.25) is 0 Å². The highest BCUT2D eigenvalue weighted by atomic mass is 16.5. The molecule has 130 valence electrons. The minimum Gasteiger partial charge on any atom is -0.495 e. The Balaban J connectivity index is 1.90. The minimum absolute atomic E-state index is 0.746. The average Bonchev–Trinajstić information content (AvgIpc) is 3.02. The molecule has 0 bridgehead atoms. The third kappa shape index (κ3) is 2.91. The molecule has 1 heterocycles. The number of aliphatic hydroxyl groups is 1. The third-order valence-corrected chi connectivity index (χ3v) is 4.48. The lowest BCUT2D eigenvalue weighted by Gasteiger charge is -2.19. The highest BCUT2D eigenvalue weighted by molar-refractivity contribution is 6.03. The molecule has 3 N–H and O–H groups in total. The van der Waals surface area contributed by atoms with Crippen molar-refractivity contribution in [1.82, 2.24) is 0 Å². The summed E-state index contributed by atoms with van der Waals surface area (Å²) in [5.41, 5.74) is 5.41. The van der Waals surface area contributed by atoms with E-state index in [4.69, 9.17) is 4.74 Å². The van der Waals surface area contributed by atoms with Crippen LogP contribution in [0.15, 0.2) is 78.9 Å². The summed E-state index contributed by atoms with van der Waals surface area (Å²) >= 11 is 0. The van der Waals surface area contributed by atoms with Crippen LogP contribution in [-0.4, -0.2) is 18.4 Å². The zero-order valence-electron chi connectivity index (χ0n) is 14.4. The van der Waals surface area contributed by atoms with E-state index in [1.54, 1.807) is 7.11 Å². The number of ether oxygens (including phenoxy) is 1. The Morgan fingerprint density at radius 2 is 1.62 bits per heavy atom. The van der Waals surface area contributed by atoms with E-state index >= 15 is 0 Å². The Morgan fingerprint density at radius 3 is 2.42 bits per heavy atom. The number of nitrogens with one attached hydrogen (secondary N) is 2. The Labute approximate surface area is 152 Å². The standard InChI is InChI=1S/C22H20N2O2/c1-26-19-14-8-7-13-18(19)23-21(15-9-3-2-4-10-15)20-16-11-5-6-12-17(16)24-22(20)25/h2-14,22-25H,1H3/b21-20-. The van der Waals surface area contributed by atoms with Crippen molar-refractivity contribution in [3.8, 4) is 5.75 Å². The van der Waals surface area contributed by atoms with Gasteiger partial charge in [-0.1, -0.05) is 60.7 Å². The first-order valence-corrected chi connectivity index (χ1v) is 8.51. The van der Waals surface area contributed by atoms with E-state index in [-0.39, 0.29) is 0 Å². The zero-order valence-corrected chi connectivity index (χ0v) is 14.4. The summed E-state index contributed by atoms with van der Waals surface area (Å²) in [6.07, 6.45) is -0.787. The number of aliphatic hydroxyl groups excluding tert-OH is 1. The van der Waals surface area contributed by atoms with Crippen LogP contribution in [0, 0.1) is 0 Å². The number of anilines is 2. The van der Waals surface area contributed by atoms with Crippen LogP contribution < -0.4 is 15.4 Å². The molecule has 0 fully saturated rings. The number of rotatable bonds is 4. The van der Waals surface area contributed by atoms with E-state index in [9.17, 15) is 5.11 Å². The minimum atomic E-state index is -0.787. The molecule has 3 aromatic rings. The second-order valence-corrected chi connectivity index (χ2v) is 6.07. The molecule has 1 aliphatic heterocycles. The topological polar surface area (TPSA) is 53.5 Å². The number of benzene rings is 3. The van der Waals surface area contributed by atoms with Gasteiger partial charge in [-0.2, -0.15) is 0 Å². The summed E-state index contributed by atoms with van der Waals surface area (Å²) in [6, 6.07) is 25.7. The lowest BCUT2D eigenvalue weighted by molar-refractivity contribution is 0.266. The van der Waals surface area contributed by atoms with Crippen molar-refractivity contribution in [3.63, 3.8) is 0 Å². The normalized spacial score (nSPS) is 17.2. The maximum atomic E-state index is 10.7. The molecule has 0 amide bonds. The maximum absolute atomic E-state index is 10.7. The molecule has 4 rings (SSSR count). The molecule has 1 aliphatic rings. The molecule has 0 spiro atoms. The van der Waals surface area contributed by atoms with Crippen LogP contribution in [-0.2, 0) is 0 Å². The van der Waals surface area contributed by atoms with Gasteiger partial charge in [0.25, 0.3) is 0 Å². The molecule has 0 saturated carbocycles. The van der Waals surface area contributed by atoms with Crippen LogP contribution in [0.3, 0.4) is 0 Å². The highest BCUT2D eigenvalue weighted by Gasteiger charge is 2.28. The molecular formula is C22H20N2O2. The van der Waals surface area contributed by atoms with Gasteiger partial charge in [-0.25, -0.2) is 0 Å². The first kappa shape index (κ1) is 16.2. The van der Waals surface area contributed by atoms with Gasteiger partial charge < -0.3 is 20.5 Å². The van der Waals surface area contributed by atoms with Crippen LogP contribution in [0.4, 0.5) is 11.4 Å². The Bertz CT molecular complexity index is 951. The van der Waals surface area contributed by atoms with Crippen molar-refractivity contribution < 1.29 is 9.84 Å². The fourth-order valence-corrected chi connectivity index (χ4v) is 3.26. The van der Waals surface area contributed by atoms with E-state index in [0.717, 1.165) is 39.5 Å². The van der Waals surface area contributed by atoms with Crippen LogP contribution in [0.25, 0.3) is 11.3 Å². The third-order valence-electron chi connectivity index (χ3n) is 4.48. The average molecular weight is 344 g/mol. The number of methoxy groups -OCH3 is 1. The molecule has 4 nitrogen and oxygen atoms in total. The van der Waals surface area contributed by atoms with Gasteiger partial charge in [-0.15, -0.1) is 0 Å². The molecular weight excluding hydrogens is 324 g/mol. The van der Waals surface area contributed by atoms with Crippen LogP contribution >= 0.6 is 0 Å². The summed E-state index contributed by atoms with van der Waals surface area (Å²) in [5.74, 6) is 0.746. The van der Waals surface area contributed by atoms with Crippen LogP contribution in [0.5, 0.6) is 5.75 Å². The number of hydrogen-bond donors (Lipinski definition) is 3. The van der Waals surface area contributed by atoms with Gasteiger partial charge in [-0.05, 0) is 23.8 Å². The quantitative estimate of drug-likeness (QED) is 0.656. The largest absolute Gasteiger partial charge is 0.495 e. The maximum Gasteiger partial charge on any atom is 0.153 e.